The number of nitrogens with zero attached hydrogens (tertiary/aromatic N) is 2. The fourth-order valence-electron chi connectivity index (χ4n) is 1.83. The van der Waals surface area contributed by atoms with Gasteiger partial charge in [-0.3, -0.25) is 15.3 Å². The number of hydrazine groups is 1. The van der Waals surface area contributed by atoms with Gasteiger partial charge in [0.1, 0.15) is 0 Å². The molecule has 1 atom stereocenters. The van der Waals surface area contributed by atoms with E-state index >= 15 is 0 Å². The zero-order valence-corrected chi connectivity index (χ0v) is 11.8. The van der Waals surface area contributed by atoms with Crippen LogP contribution in [0, 0.1) is 5.92 Å². The average molecular weight is 257 g/mol. The van der Waals surface area contributed by atoms with Crippen LogP contribution < -0.4 is 16.6 Å². The summed E-state index contributed by atoms with van der Waals surface area (Å²) in [5, 5.41) is 3.20. The van der Waals surface area contributed by atoms with Crippen molar-refractivity contribution < 1.29 is 4.74 Å². The standard InChI is InChI=1S/C12H27N5O/c1-4-17-5-6-18-11(9-17)8-15-12(16-13)14-7-10(2)3/h10-11H,4-9,13H2,1-3H3,(H2,14,15,16). The van der Waals surface area contributed by atoms with E-state index < -0.39 is 0 Å². The van der Waals surface area contributed by atoms with Crippen LogP contribution in [0.2, 0.25) is 0 Å². The Morgan fingerprint density at radius 3 is 2.94 bits per heavy atom. The summed E-state index contributed by atoms with van der Waals surface area (Å²) in [6.45, 7) is 11.8. The molecule has 0 aromatic heterocycles. The molecule has 0 aliphatic carbocycles. The molecule has 18 heavy (non-hydrogen) atoms. The average Bonchev–Trinajstić information content (AvgIpc) is 2.39. The Bertz CT molecular complexity index is 257. The summed E-state index contributed by atoms with van der Waals surface area (Å²) in [6, 6.07) is 0. The summed E-state index contributed by atoms with van der Waals surface area (Å²) in [5.74, 6) is 6.60. The van der Waals surface area contributed by atoms with E-state index in [0.717, 1.165) is 39.3 Å². The van der Waals surface area contributed by atoms with E-state index in [9.17, 15) is 0 Å². The topological polar surface area (TPSA) is 74.9 Å². The van der Waals surface area contributed by atoms with E-state index in [4.69, 9.17) is 10.6 Å². The van der Waals surface area contributed by atoms with Gasteiger partial charge in [-0.05, 0) is 12.5 Å². The van der Waals surface area contributed by atoms with Gasteiger partial charge in [-0.1, -0.05) is 20.8 Å². The Morgan fingerprint density at radius 1 is 1.56 bits per heavy atom. The van der Waals surface area contributed by atoms with Crippen molar-refractivity contribution in [3.05, 3.63) is 0 Å². The lowest BCUT2D eigenvalue weighted by molar-refractivity contribution is -0.0233. The minimum Gasteiger partial charge on any atom is -0.374 e. The number of guanidine groups is 1. The zero-order valence-electron chi connectivity index (χ0n) is 11.8. The molecule has 0 bridgehead atoms. The molecule has 6 nitrogen and oxygen atoms in total. The summed E-state index contributed by atoms with van der Waals surface area (Å²) in [5.41, 5.74) is 2.59. The van der Waals surface area contributed by atoms with Crippen molar-refractivity contribution in [3.63, 3.8) is 0 Å². The molecule has 0 saturated carbocycles. The van der Waals surface area contributed by atoms with E-state index in [-0.39, 0.29) is 6.10 Å². The lowest BCUT2D eigenvalue weighted by atomic mass is 10.2. The second-order valence-corrected chi connectivity index (χ2v) is 4.99. The maximum atomic E-state index is 5.70. The van der Waals surface area contributed by atoms with Crippen LogP contribution in [0.15, 0.2) is 4.99 Å². The van der Waals surface area contributed by atoms with E-state index in [1.807, 2.05) is 0 Å². The Balaban J connectivity index is 2.31. The van der Waals surface area contributed by atoms with Gasteiger partial charge in [0.15, 0.2) is 0 Å². The van der Waals surface area contributed by atoms with E-state index in [1.165, 1.54) is 0 Å². The quantitative estimate of drug-likeness (QED) is 0.275. The summed E-state index contributed by atoms with van der Waals surface area (Å²) >= 11 is 0. The Kier molecular flexibility index (Phi) is 7.00. The molecule has 0 aromatic carbocycles. The first kappa shape index (κ1) is 15.2. The van der Waals surface area contributed by atoms with Gasteiger partial charge in [-0.15, -0.1) is 0 Å². The third-order valence-electron chi connectivity index (χ3n) is 2.92. The highest BCUT2D eigenvalue weighted by Crippen LogP contribution is 2.03. The largest absolute Gasteiger partial charge is 0.374 e. The fourth-order valence-corrected chi connectivity index (χ4v) is 1.83. The van der Waals surface area contributed by atoms with E-state index in [0.29, 0.717) is 11.9 Å². The van der Waals surface area contributed by atoms with Crippen molar-refractivity contribution in [2.45, 2.75) is 26.9 Å². The number of ether oxygens (including phenoxy) is 1. The summed E-state index contributed by atoms with van der Waals surface area (Å²) in [6.07, 6.45) is 0.205. The highest BCUT2D eigenvalue weighted by Gasteiger charge is 2.19. The highest BCUT2D eigenvalue weighted by atomic mass is 16.5. The minimum absolute atomic E-state index is 0.205. The van der Waals surface area contributed by atoms with Crippen LogP contribution in [0.4, 0.5) is 0 Å². The first-order valence-corrected chi connectivity index (χ1v) is 6.74. The summed E-state index contributed by atoms with van der Waals surface area (Å²) < 4.78 is 5.70. The van der Waals surface area contributed by atoms with Crippen LogP contribution in [0.5, 0.6) is 0 Å². The molecule has 1 rings (SSSR count). The molecule has 1 aliphatic rings. The van der Waals surface area contributed by atoms with E-state index in [1.54, 1.807) is 0 Å². The second-order valence-electron chi connectivity index (χ2n) is 4.99. The molecule has 0 radical (unpaired) electrons. The Morgan fingerprint density at radius 2 is 2.33 bits per heavy atom. The molecular weight excluding hydrogens is 230 g/mol. The molecular formula is C12H27N5O. The number of nitrogens with one attached hydrogen (secondary N) is 2. The molecule has 6 heteroatoms. The van der Waals surface area contributed by atoms with Gasteiger partial charge in [0.25, 0.3) is 0 Å². The Hall–Kier alpha value is -0.850. The number of hydrogen-bond acceptors (Lipinski definition) is 4. The number of morpholine rings is 1. The summed E-state index contributed by atoms with van der Waals surface area (Å²) in [4.78, 5) is 6.75. The van der Waals surface area contributed by atoms with Crippen LogP contribution in [0.1, 0.15) is 20.8 Å². The number of likely N-dealkylation sites (N-methyl/N-ethyl adjacent to an activating group) is 1. The highest BCUT2D eigenvalue weighted by molar-refractivity contribution is 5.79. The predicted molar refractivity (Wildman–Crippen MR) is 74.3 cm³/mol. The van der Waals surface area contributed by atoms with Crippen molar-refractivity contribution in [1.82, 2.24) is 15.6 Å². The molecule has 106 valence electrons. The third-order valence-corrected chi connectivity index (χ3v) is 2.92. The zero-order chi connectivity index (χ0) is 13.4. The van der Waals surface area contributed by atoms with Crippen molar-refractivity contribution in [1.29, 1.82) is 0 Å². The second kappa shape index (κ2) is 8.29. The van der Waals surface area contributed by atoms with Crippen molar-refractivity contribution >= 4 is 5.96 Å². The SMILES string of the molecule is CCN1CCOC(CNC(=NCC(C)C)NN)C1. The molecule has 1 saturated heterocycles. The number of rotatable bonds is 5. The molecule has 1 fully saturated rings. The van der Waals surface area contributed by atoms with Gasteiger partial charge in [-0.25, -0.2) is 5.84 Å². The van der Waals surface area contributed by atoms with Gasteiger partial charge in [0.2, 0.25) is 5.96 Å². The maximum absolute atomic E-state index is 5.70. The van der Waals surface area contributed by atoms with Crippen LogP contribution in [-0.4, -0.2) is 56.3 Å². The molecule has 0 amide bonds. The number of hydrogen-bond donors (Lipinski definition) is 3. The van der Waals surface area contributed by atoms with Crippen LogP contribution in [0.25, 0.3) is 0 Å². The predicted octanol–water partition coefficient (Wildman–Crippen LogP) is -0.228. The van der Waals surface area contributed by atoms with Crippen molar-refractivity contribution in [3.8, 4) is 0 Å². The fraction of sp³-hybridized carbons (Fsp3) is 0.917. The molecule has 1 unspecified atom stereocenters. The lowest BCUT2D eigenvalue weighted by Crippen LogP contribution is -2.50. The number of nitrogens with two attached hydrogens (primary N) is 1. The van der Waals surface area contributed by atoms with Gasteiger partial charge in [0.05, 0.1) is 12.7 Å². The van der Waals surface area contributed by atoms with Gasteiger partial charge < -0.3 is 10.1 Å². The normalized spacial score (nSPS) is 22.3. The molecule has 0 spiro atoms. The van der Waals surface area contributed by atoms with Gasteiger partial charge in [-0.2, -0.15) is 0 Å². The molecule has 1 heterocycles. The number of aliphatic imine (C=N–C) groups is 1. The van der Waals surface area contributed by atoms with Crippen LogP contribution >= 0.6 is 0 Å². The van der Waals surface area contributed by atoms with Crippen molar-refractivity contribution in [2.75, 3.05) is 39.3 Å². The Labute approximate surface area is 110 Å². The molecule has 4 N–H and O–H groups in total. The maximum Gasteiger partial charge on any atom is 0.205 e. The molecule has 0 aromatic rings. The first-order valence-electron chi connectivity index (χ1n) is 6.74. The third kappa shape index (κ3) is 5.66. The first-order chi connectivity index (χ1) is 8.65. The summed E-state index contributed by atoms with van der Waals surface area (Å²) in [7, 11) is 0. The van der Waals surface area contributed by atoms with Crippen LogP contribution in [0.3, 0.4) is 0 Å². The molecule has 1 aliphatic heterocycles. The van der Waals surface area contributed by atoms with Gasteiger partial charge in [0, 0.05) is 26.2 Å². The van der Waals surface area contributed by atoms with E-state index in [2.05, 4.69) is 41.4 Å². The minimum atomic E-state index is 0.205. The van der Waals surface area contributed by atoms with Crippen molar-refractivity contribution in [2.24, 2.45) is 16.8 Å². The van der Waals surface area contributed by atoms with Gasteiger partial charge >= 0.3 is 0 Å². The van der Waals surface area contributed by atoms with Crippen LogP contribution in [-0.2, 0) is 4.74 Å². The monoisotopic (exact) mass is 257 g/mol. The lowest BCUT2D eigenvalue weighted by Gasteiger charge is -2.32. The smallest absolute Gasteiger partial charge is 0.205 e.